The Hall–Kier alpha value is -0.460. The molecule has 0 N–H and O–H groups in total. The van der Waals surface area contributed by atoms with Crippen LogP contribution in [0.2, 0.25) is 0 Å². The van der Waals surface area contributed by atoms with E-state index in [1.807, 2.05) is 0 Å². The highest BCUT2D eigenvalue weighted by atomic mass is 79.9. The topological polar surface area (TPSA) is 52.6 Å². The standard InChI is InChI=1S/C9H10BrClO4S/c1-14-7-2-3-9(8(10)6-7)15-4-5-16(11,12)13/h2-3,6H,4-5H2,1H3. The minimum Gasteiger partial charge on any atom is -0.497 e. The smallest absolute Gasteiger partial charge is 0.235 e. The average Bonchev–Trinajstić information content (AvgIpc) is 2.18. The van der Waals surface area contributed by atoms with E-state index in [2.05, 4.69) is 15.9 Å². The molecule has 0 aliphatic rings. The summed E-state index contributed by atoms with van der Waals surface area (Å²) in [5.41, 5.74) is 0. The first-order valence-electron chi connectivity index (χ1n) is 4.31. The van der Waals surface area contributed by atoms with E-state index in [0.717, 1.165) is 0 Å². The van der Waals surface area contributed by atoms with Crippen LogP contribution < -0.4 is 9.47 Å². The molecule has 4 nitrogen and oxygen atoms in total. The van der Waals surface area contributed by atoms with Crippen molar-refractivity contribution in [1.29, 1.82) is 0 Å². The number of hydrogen-bond donors (Lipinski definition) is 0. The van der Waals surface area contributed by atoms with Gasteiger partial charge in [-0.1, -0.05) is 0 Å². The molecule has 0 amide bonds. The van der Waals surface area contributed by atoms with Gasteiger partial charge in [-0.05, 0) is 34.1 Å². The fourth-order valence-corrected chi connectivity index (χ4v) is 1.92. The van der Waals surface area contributed by atoms with E-state index in [-0.39, 0.29) is 12.4 Å². The average molecular weight is 330 g/mol. The summed E-state index contributed by atoms with van der Waals surface area (Å²) < 4.78 is 32.3. The molecular formula is C9H10BrClO4S. The van der Waals surface area contributed by atoms with Gasteiger partial charge < -0.3 is 9.47 Å². The first-order valence-corrected chi connectivity index (χ1v) is 7.58. The summed E-state index contributed by atoms with van der Waals surface area (Å²) in [7, 11) is 3.09. The van der Waals surface area contributed by atoms with E-state index in [4.69, 9.17) is 20.2 Å². The highest BCUT2D eigenvalue weighted by Crippen LogP contribution is 2.29. The van der Waals surface area contributed by atoms with E-state index in [1.54, 1.807) is 25.3 Å². The molecule has 0 saturated carbocycles. The number of benzene rings is 1. The Morgan fingerprint density at radius 1 is 1.44 bits per heavy atom. The molecule has 0 spiro atoms. The van der Waals surface area contributed by atoms with E-state index in [1.165, 1.54) is 0 Å². The Morgan fingerprint density at radius 2 is 2.12 bits per heavy atom. The number of hydrogen-bond acceptors (Lipinski definition) is 4. The second-order valence-corrected chi connectivity index (χ2v) is 6.64. The van der Waals surface area contributed by atoms with Gasteiger partial charge in [0, 0.05) is 10.7 Å². The number of halogens is 2. The van der Waals surface area contributed by atoms with Crippen LogP contribution in [0.5, 0.6) is 11.5 Å². The normalized spacial score (nSPS) is 11.2. The van der Waals surface area contributed by atoms with Crippen molar-refractivity contribution in [3.05, 3.63) is 22.7 Å². The van der Waals surface area contributed by atoms with Gasteiger partial charge in [0.1, 0.15) is 18.1 Å². The number of rotatable bonds is 5. The molecule has 0 aromatic heterocycles. The summed E-state index contributed by atoms with van der Waals surface area (Å²) in [5.74, 6) is 0.998. The monoisotopic (exact) mass is 328 g/mol. The summed E-state index contributed by atoms with van der Waals surface area (Å²) in [5, 5.41) is 0. The third kappa shape index (κ3) is 4.59. The fraction of sp³-hybridized carbons (Fsp3) is 0.333. The highest BCUT2D eigenvalue weighted by Gasteiger charge is 2.07. The molecule has 0 fully saturated rings. The third-order valence-electron chi connectivity index (χ3n) is 1.72. The van der Waals surface area contributed by atoms with Crippen molar-refractivity contribution in [3.63, 3.8) is 0 Å². The molecule has 90 valence electrons. The van der Waals surface area contributed by atoms with Crippen molar-refractivity contribution in [2.24, 2.45) is 0 Å². The van der Waals surface area contributed by atoms with Gasteiger partial charge in [-0.3, -0.25) is 0 Å². The van der Waals surface area contributed by atoms with Crippen molar-refractivity contribution < 1.29 is 17.9 Å². The number of methoxy groups -OCH3 is 1. The van der Waals surface area contributed by atoms with Gasteiger partial charge in [-0.25, -0.2) is 8.42 Å². The minimum absolute atomic E-state index is 0.0107. The molecule has 0 saturated heterocycles. The Balaban J connectivity index is 2.61. The maximum Gasteiger partial charge on any atom is 0.235 e. The van der Waals surface area contributed by atoms with Crippen LogP contribution in [0.4, 0.5) is 0 Å². The predicted molar refractivity (Wildman–Crippen MR) is 65.8 cm³/mol. The molecule has 16 heavy (non-hydrogen) atoms. The minimum atomic E-state index is -3.51. The maximum atomic E-state index is 10.7. The molecule has 0 unspecified atom stereocenters. The van der Waals surface area contributed by atoms with Crippen LogP contribution in [0.1, 0.15) is 0 Å². The van der Waals surface area contributed by atoms with Gasteiger partial charge in [0.15, 0.2) is 0 Å². The lowest BCUT2D eigenvalue weighted by Crippen LogP contribution is -2.08. The van der Waals surface area contributed by atoms with Crippen LogP contribution >= 0.6 is 26.6 Å². The first-order chi connectivity index (χ1) is 7.42. The first kappa shape index (κ1) is 13.6. The van der Waals surface area contributed by atoms with Crippen molar-refractivity contribution in [3.8, 4) is 11.5 Å². The van der Waals surface area contributed by atoms with Gasteiger partial charge in [-0.2, -0.15) is 0 Å². The van der Waals surface area contributed by atoms with Crippen LogP contribution in [-0.4, -0.2) is 27.9 Å². The summed E-state index contributed by atoms with van der Waals surface area (Å²) in [6, 6.07) is 5.13. The molecule has 0 radical (unpaired) electrons. The van der Waals surface area contributed by atoms with Crippen LogP contribution in [0, 0.1) is 0 Å². The summed E-state index contributed by atoms with van der Waals surface area (Å²) in [6.45, 7) is 0.0107. The van der Waals surface area contributed by atoms with Crippen molar-refractivity contribution in [1.82, 2.24) is 0 Å². The third-order valence-corrected chi connectivity index (χ3v) is 3.46. The van der Waals surface area contributed by atoms with E-state index < -0.39 is 9.05 Å². The Morgan fingerprint density at radius 3 is 2.62 bits per heavy atom. The van der Waals surface area contributed by atoms with Gasteiger partial charge in [0.2, 0.25) is 9.05 Å². The van der Waals surface area contributed by atoms with Gasteiger partial charge in [-0.15, -0.1) is 0 Å². The molecular weight excluding hydrogens is 320 g/mol. The molecule has 0 atom stereocenters. The van der Waals surface area contributed by atoms with Gasteiger partial charge in [0.05, 0.1) is 17.3 Å². The van der Waals surface area contributed by atoms with Gasteiger partial charge in [0.25, 0.3) is 0 Å². The SMILES string of the molecule is COc1ccc(OCCS(=O)(=O)Cl)c(Br)c1. The van der Waals surface area contributed by atoms with Crippen LogP contribution in [0.3, 0.4) is 0 Å². The Labute approximate surface area is 107 Å². The van der Waals surface area contributed by atoms with Crippen molar-refractivity contribution >= 4 is 35.7 Å². The summed E-state index contributed by atoms with van der Waals surface area (Å²) in [6.07, 6.45) is 0. The second-order valence-electron chi connectivity index (χ2n) is 2.89. The highest BCUT2D eigenvalue weighted by molar-refractivity contribution is 9.10. The molecule has 1 aromatic carbocycles. The van der Waals surface area contributed by atoms with E-state index in [9.17, 15) is 8.42 Å². The van der Waals surface area contributed by atoms with Crippen molar-refractivity contribution in [2.45, 2.75) is 0 Å². The zero-order chi connectivity index (χ0) is 12.2. The number of ether oxygens (including phenoxy) is 2. The lowest BCUT2D eigenvalue weighted by Gasteiger charge is -2.08. The van der Waals surface area contributed by atoms with Crippen LogP contribution in [0.15, 0.2) is 22.7 Å². The largest absolute Gasteiger partial charge is 0.497 e. The molecule has 0 heterocycles. The molecule has 7 heteroatoms. The molecule has 1 rings (SSSR count). The maximum absolute atomic E-state index is 10.7. The summed E-state index contributed by atoms with van der Waals surface area (Å²) in [4.78, 5) is 0. The zero-order valence-electron chi connectivity index (χ0n) is 8.44. The predicted octanol–water partition coefficient (Wildman–Crippen LogP) is 2.41. The molecule has 0 bridgehead atoms. The second kappa shape index (κ2) is 5.75. The lowest BCUT2D eigenvalue weighted by molar-refractivity contribution is 0.338. The lowest BCUT2D eigenvalue weighted by atomic mass is 10.3. The molecule has 1 aromatic rings. The van der Waals surface area contributed by atoms with Gasteiger partial charge >= 0.3 is 0 Å². The van der Waals surface area contributed by atoms with E-state index >= 15 is 0 Å². The van der Waals surface area contributed by atoms with Crippen LogP contribution in [-0.2, 0) is 9.05 Å². The van der Waals surface area contributed by atoms with Crippen LogP contribution in [0.25, 0.3) is 0 Å². The molecule has 0 aliphatic carbocycles. The van der Waals surface area contributed by atoms with E-state index in [0.29, 0.717) is 16.0 Å². The molecule has 0 aliphatic heterocycles. The quantitative estimate of drug-likeness (QED) is 0.779. The summed E-state index contributed by atoms with van der Waals surface area (Å²) >= 11 is 3.28. The van der Waals surface area contributed by atoms with Crippen molar-refractivity contribution in [2.75, 3.05) is 19.5 Å². The Kier molecular flexibility index (Phi) is 4.89. The Bertz CT molecular complexity index is 461. The fourth-order valence-electron chi connectivity index (χ4n) is 0.977. The zero-order valence-corrected chi connectivity index (χ0v) is 11.6.